The van der Waals surface area contributed by atoms with Crippen molar-refractivity contribution in [1.29, 1.82) is 0 Å². The van der Waals surface area contributed by atoms with Gasteiger partial charge < -0.3 is 11.1 Å². The lowest BCUT2D eigenvalue weighted by Crippen LogP contribution is -2.42. The Morgan fingerprint density at radius 1 is 1.26 bits per heavy atom. The number of thiocarbonyl (C=S) groups is 1. The summed E-state index contributed by atoms with van der Waals surface area (Å²) in [7, 11) is 0. The number of amides is 1. The third kappa shape index (κ3) is 3.09. The molecule has 0 bridgehead atoms. The predicted octanol–water partition coefficient (Wildman–Crippen LogP) is 2.63. The second kappa shape index (κ2) is 5.80. The van der Waals surface area contributed by atoms with Gasteiger partial charge in [0.05, 0.1) is 11.0 Å². The van der Waals surface area contributed by atoms with Gasteiger partial charge in [-0.3, -0.25) is 4.79 Å². The van der Waals surface area contributed by atoms with Crippen molar-refractivity contribution in [2.45, 2.75) is 19.4 Å². The Morgan fingerprint density at radius 3 is 2.58 bits per heavy atom. The van der Waals surface area contributed by atoms with E-state index in [1.807, 2.05) is 49.4 Å². The minimum Gasteiger partial charge on any atom is -0.392 e. The van der Waals surface area contributed by atoms with E-state index in [9.17, 15) is 4.79 Å². The quantitative estimate of drug-likeness (QED) is 0.841. The van der Waals surface area contributed by atoms with Crippen LogP contribution < -0.4 is 11.1 Å². The van der Waals surface area contributed by atoms with Gasteiger partial charge >= 0.3 is 0 Å². The summed E-state index contributed by atoms with van der Waals surface area (Å²) >= 11 is 4.92. The fraction of sp³-hybridized carbons (Fsp3) is 0.200. The molecule has 0 aliphatic heterocycles. The second-order valence-corrected chi connectivity index (χ2v) is 4.87. The Kier molecular flexibility index (Phi) is 4.12. The summed E-state index contributed by atoms with van der Waals surface area (Å²) in [4.78, 5) is 12.5. The summed E-state index contributed by atoms with van der Waals surface area (Å²) < 4.78 is 0. The predicted molar refractivity (Wildman–Crippen MR) is 82.3 cm³/mol. The van der Waals surface area contributed by atoms with Crippen molar-refractivity contribution in [2.24, 2.45) is 5.73 Å². The summed E-state index contributed by atoms with van der Waals surface area (Å²) in [6, 6.07) is 13.3. The van der Waals surface area contributed by atoms with Crippen molar-refractivity contribution < 1.29 is 4.79 Å². The molecule has 0 aromatic heterocycles. The van der Waals surface area contributed by atoms with Crippen LogP contribution in [0.3, 0.4) is 0 Å². The number of hydrogen-bond donors (Lipinski definition) is 2. The normalized spacial score (nSPS) is 12.1. The van der Waals surface area contributed by atoms with E-state index >= 15 is 0 Å². The van der Waals surface area contributed by atoms with Gasteiger partial charge in [0.2, 0.25) is 0 Å². The number of benzene rings is 2. The maximum Gasteiger partial charge on any atom is 0.251 e. The van der Waals surface area contributed by atoms with Gasteiger partial charge in [-0.25, -0.2) is 0 Å². The molecule has 1 unspecified atom stereocenters. The number of hydrogen-bond acceptors (Lipinski definition) is 2. The molecule has 98 valence electrons. The highest BCUT2D eigenvalue weighted by molar-refractivity contribution is 7.80. The lowest BCUT2D eigenvalue weighted by atomic mass is 10.1. The van der Waals surface area contributed by atoms with E-state index in [4.69, 9.17) is 18.0 Å². The van der Waals surface area contributed by atoms with Gasteiger partial charge in [-0.05, 0) is 29.3 Å². The van der Waals surface area contributed by atoms with E-state index in [1.54, 1.807) is 0 Å². The third-order valence-corrected chi connectivity index (χ3v) is 3.35. The lowest BCUT2D eigenvalue weighted by molar-refractivity contribution is 0.0946. The van der Waals surface area contributed by atoms with Crippen molar-refractivity contribution in [3.63, 3.8) is 0 Å². The Bertz CT molecular complexity index is 624. The first-order chi connectivity index (χ1) is 9.11. The number of fused-ring (bicyclic) bond motifs is 1. The Labute approximate surface area is 117 Å². The van der Waals surface area contributed by atoms with E-state index < -0.39 is 0 Å². The fourth-order valence-corrected chi connectivity index (χ4v) is 2.17. The maximum atomic E-state index is 12.1. The van der Waals surface area contributed by atoms with Gasteiger partial charge in [-0.1, -0.05) is 49.5 Å². The third-order valence-electron chi connectivity index (χ3n) is 3.07. The molecule has 0 fully saturated rings. The van der Waals surface area contributed by atoms with Gasteiger partial charge in [0.15, 0.2) is 0 Å². The minimum absolute atomic E-state index is 0.148. The fourth-order valence-electron chi connectivity index (χ4n) is 1.95. The number of rotatable bonds is 4. The van der Waals surface area contributed by atoms with Crippen molar-refractivity contribution in [1.82, 2.24) is 5.32 Å². The van der Waals surface area contributed by atoms with Gasteiger partial charge in [-0.2, -0.15) is 0 Å². The van der Waals surface area contributed by atoms with Crippen molar-refractivity contribution >= 4 is 33.9 Å². The van der Waals surface area contributed by atoms with Gasteiger partial charge in [0.25, 0.3) is 5.91 Å². The monoisotopic (exact) mass is 272 g/mol. The largest absolute Gasteiger partial charge is 0.392 e. The summed E-state index contributed by atoms with van der Waals surface area (Å²) in [5.41, 5.74) is 6.20. The van der Waals surface area contributed by atoms with Crippen LogP contribution in [-0.4, -0.2) is 16.9 Å². The highest BCUT2D eigenvalue weighted by Crippen LogP contribution is 2.15. The standard InChI is InChI=1S/C15H16N2OS/c1-2-13(14(16)19)17-15(18)12-8-7-10-5-3-4-6-11(10)9-12/h3-9,13H,2H2,1H3,(H2,16,19)(H,17,18). The van der Waals surface area contributed by atoms with Crippen LogP contribution in [0.5, 0.6) is 0 Å². The molecule has 1 amide bonds. The number of carbonyl (C=O) groups excluding carboxylic acids is 1. The minimum atomic E-state index is -0.256. The van der Waals surface area contributed by atoms with Crippen LogP contribution in [0.2, 0.25) is 0 Å². The van der Waals surface area contributed by atoms with Crippen LogP contribution in [0, 0.1) is 0 Å². The zero-order chi connectivity index (χ0) is 13.8. The first kappa shape index (κ1) is 13.5. The SMILES string of the molecule is CCC(NC(=O)c1ccc2ccccc2c1)C(N)=S. The van der Waals surface area contributed by atoms with Crippen LogP contribution in [0.1, 0.15) is 23.7 Å². The smallest absolute Gasteiger partial charge is 0.251 e. The van der Waals surface area contributed by atoms with Crippen LogP contribution in [0.15, 0.2) is 42.5 Å². The van der Waals surface area contributed by atoms with Crippen LogP contribution in [-0.2, 0) is 0 Å². The molecule has 0 saturated carbocycles. The molecule has 0 spiro atoms. The topological polar surface area (TPSA) is 55.1 Å². The van der Waals surface area contributed by atoms with E-state index in [-0.39, 0.29) is 11.9 Å². The van der Waals surface area contributed by atoms with E-state index in [2.05, 4.69) is 5.32 Å². The molecule has 2 aromatic carbocycles. The summed E-state index contributed by atoms with van der Waals surface area (Å²) in [6.07, 6.45) is 0.689. The van der Waals surface area contributed by atoms with E-state index in [1.165, 1.54) is 0 Å². The molecule has 0 aliphatic rings. The maximum absolute atomic E-state index is 12.1. The molecule has 0 saturated heterocycles. The zero-order valence-electron chi connectivity index (χ0n) is 10.7. The number of nitrogens with one attached hydrogen (secondary N) is 1. The summed E-state index contributed by atoms with van der Waals surface area (Å²) in [5.74, 6) is -0.148. The molecule has 3 nitrogen and oxygen atoms in total. The zero-order valence-corrected chi connectivity index (χ0v) is 11.5. The average Bonchev–Trinajstić information content (AvgIpc) is 2.43. The first-order valence-corrected chi connectivity index (χ1v) is 6.61. The molecule has 1 atom stereocenters. The van der Waals surface area contributed by atoms with Crippen LogP contribution >= 0.6 is 12.2 Å². The van der Waals surface area contributed by atoms with Crippen molar-refractivity contribution in [3.8, 4) is 0 Å². The van der Waals surface area contributed by atoms with E-state index in [0.717, 1.165) is 10.8 Å². The Hall–Kier alpha value is -1.94. The first-order valence-electron chi connectivity index (χ1n) is 6.21. The van der Waals surface area contributed by atoms with Crippen molar-refractivity contribution in [3.05, 3.63) is 48.0 Å². The molecular weight excluding hydrogens is 256 g/mol. The molecule has 2 aromatic rings. The molecule has 4 heteroatoms. The number of nitrogens with two attached hydrogens (primary N) is 1. The second-order valence-electron chi connectivity index (χ2n) is 4.40. The van der Waals surface area contributed by atoms with E-state index in [0.29, 0.717) is 17.0 Å². The van der Waals surface area contributed by atoms with Crippen LogP contribution in [0.4, 0.5) is 0 Å². The Morgan fingerprint density at radius 2 is 1.95 bits per heavy atom. The molecule has 0 radical (unpaired) electrons. The van der Waals surface area contributed by atoms with Crippen molar-refractivity contribution in [2.75, 3.05) is 0 Å². The van der Waals surface area contributed by atoms with Gasteiger partial charge in [0.1, 0.15) is 0 Å². The summed E-state index contributed by atoms with van der Waals surface area (Å²) in [5, 5.41) is 4.99. The van der Waals surface area contributed by atoms with Gasteiger partial charge in [0, 0.05) is 5.56 Å². The molecule has 0 heterocycles. The summed E-state index contributed by atoms with van der Waals surface area (Å²) in [6.45, 7) is 1.94. The highest BCUT2D eigenvalue weighted by Gasteiger charge is 2.14. The average molecular weight is 272 g/mol. The number of carbonyl (C=O) groups is 1. The lowest BCUT2D eigenvalue weighted by Gasteiger charge is -2.15. The molecule has 2 rings (SSSR count). The molecule has 19 heavy (non-hydrogen) atoms. The Balaban J connectivity index is 2.24. The highest BCUT2D eigenvalue weighted by atomic mass is 32.1. The van der Waals surface area contributed by atoms with Crippen LogP contribution in [0.25, 0.3) is 10.8 Å². The molecule has 3 N–H and O–H groups in total. The molecular formula is C15H16N2OS. The molecule has 0 aliphatic carbocycles. The van der Waals surface area contributed by atoms with Gasteiger partial charge in [-0.15, -0.1) is 0 Å².